The van der Waals surface area contributed by atoms with Crippen molar-refractivity contribution in [2.75, 3.05) is 13.2 Å². The van der Waals surface area contributed by atoms with E-state index in [-0.39, 0.29) is 28.6 Å². The number of nitrogens with zero attached hydrogens (tertiary/aromatic N) is 1. The van der Waals surface area contributed by atoms with Gasteiger partial charge in [0, 0.05) is 6.54 Å². The summed E-state index contributed by atoms with van der Waals surface area (Å²) in [6.45, 7) is 5.76. The van der Waals surface area contributed by atoms with Crippen molar-refractivity contribution < 1.29 is 23.9 Å². The first-order valence-corrected chi connectivity index (χ1v) is 10.3. The predicted molar refractivity (Wildman–Crippen MR) is 115 cm³/mol. The van der Waals surface area contributed by atoms with Crippen LogP contribution in [0.4, 0.5) is 0 Å². The largest absolute Gasteiger partial charge is 0.452 e. The lowest BCUT2D eigenvalue weighted by Gasteiger charge is -2.14. The van der Waals surface area contributed by atoms with E-state index in [1.165, 1.54) is 23.1 Å². The molecule has 0 aliphatic carbocycles. The van der Waals surface area contributed by atoms with Crippen LogP contribution >= 0.6 is 0 Å². The minimum absolute atomic E-state index is 0.120. The summed E-state index contributed by atoms with van der Waals surface area (Å²) in [4.78, 5) is 50.8. The Kier molecular flexibility index (Phi) is 6.84. The summed E-state index contributed by atoms with van der Waals surface area (Å²) in [5.74, 6) is -1.58. The number of rotatable bonds is 8. The third-order valence-corrected chi connectivity index (χ3v) is 5.15. The number of imide groups is 1. The van der Waals surface area contributed by atoms with Crippen LogP contribution in [0.25, 0.3) is 0 Å². The summed E-state index contributed by atoms with van der Waals surface area (Å²) in [5, 5.41) is 2.76. The predicted octanol–water partition coefficient (Wildman–Crippen LogP) is 3.36. The zero-order valence-electron chi connectivity index (χ0n) is 17.9. The quantitative estimate of drug-likeness (QED) is 0.520. The molecule has 0 aromatic heterocycles. The van der Waals surface area contributed by atoms with Gasteiger partial charge in [0.25, 0.3) is 17.7 Å². The van der Waals surface area contributed by atoms with Crippen LogP contribution in [0, 0.1) is 5.92 Å². The molecule has 1 aliphatic heterocycles. The Morgan fingerprint density at radius 1 is 0.968 bits per heavy atom. The summed E-state index contributed by atoms with van der Waals surface area (Å²) in [5.41, 5.74) is 1.52. The van der Waals surface area contributed by atoms with Crippen molar-refractivity contribution in [1.29, 1.82) is 0 Å². The molecule has 162 valence electrons. The van der Waals surface area contributed by atoms with Crippen molar-refractivity contribution in [2.24, 2.45) is 5.92 Å². The molecular weight excluding hydrogens is 396 g/mol. The fourth-order valence-corrected chi connectivity index (χ4v) is 3.33. The van der Waals surface area contributed by atoms with E-state index < -0.39 is 24.4 Å². The third-order valence-electron chi connectivity index (χ3n) is 5.15. The monoisotopic (exact) mass is 422 g/mol. The Bertz CT molecular complexity index is 1000. The lowest BCUT2D eigenvalue weighted by Crippen LogP contribution is -2.31. The normalized spacial score (nSPS) is 13.9. The summed E-state index contributed by atoms with van der Waals surface area (Å²) < 4.78 is 5.09. The van der Waals surface area contributed by atoms with E-state index in [1.807, 2.05) is 51.1 Å². The number of fused-ring (bicyclic) bond motifs is 1. The van der Waals surface area contributed by atoms with Crippen LogP contribution in [-0.4, -0.2) is 41.7 Å². The van der Waals surface area contributed by atoms with Crippen LogP contribution in [-0.2, 0) is 9.53 Å². The van der Waals surface area contributed by atoms with Gasteiger partial charge in [-0.25, -0.2) is 4.79 Å². The fraction of sp³-hybridized carbons (Fsp3) is 0.333. The molecule has 0 saturated heterocycles. The number of amides is 3. The molecule has 7 nitrogen and oxygen atoms in total. The Morgan fingerprint density at radius 2 is 1.65 bits per heavy atom. The van der Waals surface area contributed by atoms with Gasteiger partial charge in [0.1, 0.15) is 0 Å². The first-order valence-electron chi connectivity index (χ1n) is 10.3. The Labute approximate surface area is 181 Å². The molecule has 0 bridgehead atoms. The first-order chi connectivity index (χ1) is 14.8. The van der Waals surface area contributed by atoms with Gasteiger partial charge in [0.15, 0.2) is 6.61 Å². The van der Waals surface area contributed by atoms with Gasteiger partial charge >= 0.3 is 5.97 Å². The number of carbonyl (C=O) groups is 4. The van der Waals surface area contributed by atoms with E-state index in [1.54, 1.807) is 0 Å². The molecule has 1 aliphatic rings. The third kappa shape index (κ3) is 5.17. The molecule has 0 spiro atoms. The number of nitrogens with one attached hydrogen (secondary N) is 1. The molecule has 3 amide bonds. The molecular formula is C24H26N2O5. The number of benzene rings is 2. The van der Waals surface area contributed by atoms with Gasteiger partial charge in [-0.1, -0.05) is 44.2 Å². The highest BCUT2D eigenvalue weighted by atomic mass is 16.5. The lowest BCUT2D eigenvalue weighted by atomic mass is 10.1. The SMILES string of the molecule is CC(C)CCN1C(=O)c2ccc(C(=O)OCC(=O)N[C@H](C)c3ccccc3)cc2C1=O. The van der Waals surface area contributed by atoms with Crippen molar-refractivity contribution in [1.82, 2.24) is 10.2 Å². The number of ether oxygens (including phenoxy) is 1. The minimum atomic E-state index is -0.730. The van der Waals surface area contributed by atoms with Crippen LogP contribution in [0.2, 0.25) is 0 Å². The van der Waals surface area contributed by atoms with Crippen LogP contribution in [0.3, 0.4) is 0 Å². The maximum Gasteiger partial charge on any atom is 0.338 e. The molecule has 2 aromatic carbocycles. The molecule has 0 saturated carbocycles. The van der Waals surface area contributed by atoms with Gasteiger partial charge in [-0.05, 0) is 43.0 Å². The van der Waals surface area contributed by atoms with E-state index in [2.05, 4.69) is 5.32 Å². The van der Waals surface area contributed by atoms with Crippen molar-refractivity contribution in [2.45, 2.75) is 33.2 Å². The summed E-state index contributed by atoms with van der Waals surface area (Å²) in [6.07, 6.45) is 0.705. The average Bonchev–Trinajstić information content (AvgIpc) is 3.00. The molecule has 0 unspecified atom stereocenters. The standard InChI is InChI=1S/C24H26N2O5/c1-15(2)11-12-26-22(28)19-10-9-18(13-20(19)23(26)29)24(30)31-14-21(27)25-16(3)17-7-5-4-6-8-17/h4-10,13,15-16H,11-12,14H2,1-3H3,(H,25,27)/t16-/m1/s1. The molecule has 2 aromatic rings. The molecule has 1 atom stereocenters. The van der Waals surface area contributed by atoms with Gasteiger partial charge in [0.2, 0.25) is 0 Å². The van der Waals surface area contributed by atoms with Crippen molar-refractivity contribution in [3.63, 3.8) is 0 Å². The number of hydrogen-bond acceptors (Lipinski definition) is 5. The molecule has 0 radical (unpaired) electrons. The first kappa shape index (κ1) is 22.2. The second-order valence-electron chi connectivity index (χ2n) is 7.98. The van der Waals surface area contributed by atoms with Gasteiger partial charge < -0.3 is 10.1 Å². The van der Waals surface area contributed by atoms with E-state index in [9.17, 15) is 19.2 Å². The van der Waals surface area contributed by atoms with E-state index in [0.29, 0.717) is 18.9 Å². The van der Waals surface area contributed by atoms with Crippen LogP contribution in [0.5, 0.6) is 0 Å². The van der Waals surface area contributed by atoms with E-state index >= 15 is 0 Å². The van der Waals surface area contributed by atoms with Crippen LogP contribution in [0.1, 0.15) is 69.9 Å². The highest BCUT2D eigenvalue weighted by Crippen LogP contribution is 2.25. The van der Waals surface area contributed by atoms with Crippen LogP contribution < -0.4 is 5.32 Å². The Balaban J connectivity index is 1.59. The van der Waals surface area contributed by atoms with Gasteiger partial charge in [-0.15, -0.1) is 0 Å². The second kappa shape index (κ2) is 9.55. The van der Waals surface area contributed by atoms with Crippen LogP contribution in [0.15, 0.2) is 48.5 Å². The Hall–Kier alpha value is -3.48. The van der Waals surface area contributed by atoms with E-state index in [4.69, 9.17) is 4.74 Å². The minimum Gasteiger partial charge on any atom is -0.452 e. The number of carbonyl (C=O) groups excluding carboxylic acids is 4. The molecule has 7 heteroatoms. The zero-order chi connectivity index (χ0) is 22.5. The second-order valence-corrected chi connectivity index (χ2v) is 7.98. The van der Waals surface area contributed by atoms with Gasteiger partial charge in [0.05, 0.1) is 22.7 Å². The topological polar surface area (TPSA) is 92.8 Å². The summed E-state index contributed by atoms with van der Waals surface area (Å²) >= 11 is 0. The van der Waals surface area contributed by atoms with Crippen molar-refractivity contribution >= 4 is 23.7 Å². The van der Waals surface area contributed by atoms with Crippen molar-refractivity contribution in [3.8, 4) is 0 Å². The lowest BCUT2D eigenvalue weighted by molar-refractivity contribution is -0.124. The van der Waals surface area contributed by atoms with Gasteiger partial charge in [-0.2, -0.15) is 0 Å². The molecule has 0 fully saturated rings. The zero-order valence-corrected chi connectivity index (χ0v) is 17.9. The number of hydrogen-bond donors (Lipinski definition) is 1. The fourth-order valence-electron chi connectivity index (χ4n) is 3.33. The van der Waals surface area contributed by atoms with Gasteiger partial charge in [-0.3, -0.25) is 19.3 Å². The molecule has 3 rings (SSSR count). The maximum atomic E-state index is 12.6. The smallest absolute Gasteiger partial charge is 0.338 e. The maximum absolute atomic E-state index is 12.6. The Morgan fingerprint density at radius 3 is 2.32 bits per heavy atom. The average molecular weight is 422 g/mol. The summed E-state index contributed by atoms with van der Waals surface area (Å²) in [6, 6.07) is 13.4. The molecule has 1 N–H and O–H groups in total. The molecule has 1 heterocycles. The molecule has 31 heavy (non-hydrogen) atoms. The highest BCUT2D eigenvalue weighted by Gasteiger charge is 2.35. The van der Waals surface area contributed by atoms with E-state index in [0.717, 1.165) is 5.56 Å². The number of esters is 1. The van der Waals surface area contributed by atoms with Crippen molar-refractivity contribution in [3.05, 3.63) is 70.8 Å². The summed E-state index contributed by atoms with van der Waals surface area (Å²) in [7, 11) is 0. The highest BCUT2D eigenvalue weighted by molar-refractivity contribution is 6.22.